The fourth-order valence-electron chi connectivity index (χ4n) is 2.88. The van der Waals surface area contributed by atoms with Crippen LogP contribution in [0.2, 0.25) is 0 Å². The molecule has 9 nitrogen and oxygen atoms in total. The molecule has 0 spiro atoms. The molecule has 29 heavy (non-hydrogen) atoms. The Morgan fingerprint density at radius 3 is 2.55 bits per heavy atom. The van der Waals surface area contributed by atoms with E-state index in [4.69, 9.17) is 5.73 Å². The molecule has 0 bridgehead atoms. The van der Waals surface area contributed by atoms with E-state index in [1.54, 1.807) is 10.9 Å². The lowest BCUT2D eigenvalue weighted by Crippen LogP contribution is -2.43. The van der Waals surface area contributed by atoms with Crippen LogP contribution in [0.1, 0.15) is 24.2 Å². The van der Waals surface area contributed by atoms with Gasteiger partial charge >= 0.3 is 5.69 Å². The molecule has 0 aliphatic rings. The number of anilines is 1. The quantitative estimate of drug-likeness (QED) is 0.458. The summed E-state index contributed by atoms with van der Waals surface area (Å²) in [7, 11) is 1.34. The molecule has 2 N–H and O–H groups in total. The normalized spacial score (nSPS) is 11.2. The number of carbonyl (C=O) groups excluding carboxylic acids is 1. The molecule has 0 saturated heterocycles. The van der Waals surface area contributed by atoms with Gasteiger partial charge in [-0.25, -0.2) is 4.79 Å². The Bertz CT molecular complexity index is 1150. The van der Waals surface area contributed by atoms with Gasteiger partial charge in [-0.15, -0.1) is 10.2 Å². The van der Waals surface area contributed by atoms with Gasteiger partial charge in [-0.1, -0.05) is 43.8 Å². The van der Waals surface area contributed by atoms with Crippen LogP contribution >= 0.6 is 11.8 Å². The van der Waals surface area contributed by atoms with E-state index in [1.165, 1.54) is 11.6 Å². The molecule has 2 aromatic heterocycles. The highest BCUT2D eigenvalue weighted by atomic mass is 32.2. The molecular weight excluding hydrogens is 392 g/mol. The Kier molecular flexibility index (Phi) is 6.02. The SMILES string of the molecule is CC(C)Cn1c(N)c(C(=O)CSc2nncn2-c2ccccc2)c(=O)n(C)c1=O. The maximum Gasteiger partial charge on any atom is 0.332 e. The first-order chi connectivity index (χ1) is 13.8. The van der Waals surface area contributed by atoms with Gasteiger partial charge in [-0.3, -0.25) is 23.3 Å². The highest BCUT2D eigenvalue weighted by molar-refractivity contribution is 7.99. The van der Waals surface area contributed by atoms with Gasteiger partial charge in [0.2, 0.25) is 0 Å². The van der Waals surface area contributed by atoms with Gasteiger partial charge in [0.05, 0.1) is 5.75 Å². The van der Waals surface area contributed by atoms with Crippen molar-refractivity contribution in [3.8, 4) is 5.69 Å². The lowest BCUT2D eigenvalue weighted by Gasteiger charge is -2.16. The van der Waals surface area contributed by atoms with Crippen LogP contribution < -0.4 is 17.0 Å². The Labute approximate surface area is 171 Å². The Balaban J connectivity index is 1.90. The number of benzene rings is 1. The smallest absolute Gasteiger partial charge is 0.332 e. The topological polar surface area (TPSA) is 118 Å². The van der Waals surface area contributed by atoms with Crippen LogP contribution in [-0.4, -0.2) is 35.4 Å². The first kappa shape index (κ1) is 20.6. The third kappa shape index (κ3) is 4.16. The minimum absolute atomic E-state index is 0.0646. The number of nitrogen functional groups attached to an aromatic ring is 1. The first-order valence-corrected chi connectivity index (χ1v) is 10.0. The number of rotatable bonds is 7. The van der Waals surface area contributed by atoms with Gasteiger partial charge in [-0.05, 0) is 18.1 Å². The second kappa shape index (κ2) is 8.48. The fourth-order valence-corrected chi connectivity index (χ4v) is 3.68. The molecule has 10 heteroatoms. The predicted molar refractivity (Wildman–Crippen MR) is 112 cm³/mol. The number of ketones is 1. The van der Waals surface area contributed by atoms with Crippen molar-refractivity contribution in [3.05, 3.63) is 63.1 Å². The monoisotopic (exact) mass is 414 g/mol. The van der Waals surface area contributed by atoms with Crippen molar-refractivity contribution in [1.29, 1.82) is 0 Å². The average molecular weight is 414 g/mol. The number of nitrogens with zero attached hydrogens (tertiary/aromatic N) is 5. The standard InChI is InChI=1S/C19H22N6O3S/c1-12(2)9-24-16(20)15(17(27)23(3)19(24)28)14(26)10-29-18-22-21-11-25(18)13-7-5-4-6-8-13/h4-8,11-12H,9-10,20H2,1-3H3. The second-order valence-corrected chi connectivity index (χ2v) is 7.88. The summed E-state index contributed by atoms with van der Waals surface area (Å²) < 4.78 is 3.94. The zero-order valence-corrected chi connectivity index (χ0v) is 17.2. The highest BCUT2D eigenvalue weighted by Crippen LogP contribution is 2.21. The Morgan fingerprint density at radius 1 is 1.21 bits per heavy atom. The summed E-state index contributed by atoms with van der Waals surface area (Å²) in [6.45, 7) is 4.16. The summed E-state index contributed by atoms with van der Waals surface area (Å²) in [5, 5.41) is 8.46. The van der Waals surface area contributed by atoms with Gasteiger partial charge in [0.1, 0.15) is 17.7 Å². The van der Waals surface area contributed by atoms with E-state index in [0.717, 1.165) is 22.0 Å². The van der Waals surface area contributed by atoms with Crippen molar-refractivity contribution >= 4 is 23.4 Å². The zero-order valence-electron chi connectivity index (χ0n) is 16.4. The largest absolute Gasteiger partial charge is 0.384 e. The van der Waals surface area contributed by atoms with Gasteiger partial charge in [0, 0.05) is 19.3 Å². The van der Waals surface area contributed by atoms with E-state index in [1.807, 2.05) is 44.2 Å². The van der Waals surface area contributed by atoms with Crippen LogP contribution in [0.4, 0.5) is 5.82 Å². The van der Waals surface area contributed by atoms with Crippen LogP contribution in [0.3, 0.4) is 0 Å². The van der Waals surface area contributed by atoms with E-state index in [2.05, 4.69) is 10.2 Å². The van der Waals surface area contributed by atoms with E-state index < -0.39 is 17.0 Å². The van der Waals surface area contributed by atoms with Crippen molar-refractivity contribution in [1.82, 2.24) is 23.9 Å². The number of Topliss-reactive ketones (excluding diaryl/α,β-unsaturated/α-hetero) is 1. The van der Waals surface area contributed by atoms with E-state index >= 15 is 0 Å². The second-order valence-electron chi connectivity index (χ2n) is 6.94. The summed E-state index contributed by atoms with van der Waals surface area (Å²) in [6, 6.07) is 9.46. The number of aromatic nitrogens is 5. The molecule has 0 aliphatic carbocycles. The van der Waals surface area contributed by atoms with Crippen molar-refractivity contribution < 1.29 is 4.79 Å². The predicted octanol–water partition coefficient (Wildman–Crippen LogP) is 1.34. The molecule has 3 rings (SSSR count). The van der Waals surface area contributed by atoms with Crippen LogP contribution in [0.5, 0.6) is 0 Å². The Hall–Kier alpha value is -3.14. The number of hydrogen-bond donors (Lipinski definition) is 1. The lowest BCUT2D eigenvalue weighted by molar-refractivity contribution is 0.102. The molecule has 152 valence electrons. The summed E-state index contributed by atoms with van der Waals surface area (Å²) in [6.07, 6.45) is 1.55. The van der Waals surface area contributed by atoms with Gasteiger partial charge in [0.25, 0.3) is 5.56 Å². The first-order valence-electron chi connectivity index (χ1n) is 9.02. The molecule has 0 fully saturated rings. The summed E-state index contributed by atoms with van der Waals surface area (Å²) in [5.41, 5.74) is 5.51. The number of nitrogens with two attached hydrogens (primary N) is 1. The molecule has 3 aromatic rings. The summed E-state index contributed by atoms with van der Waals surface area (Å²) in [5.74, 6) is -0.505. The van der Waals surface area contributed by atoms with Crippen molar-refractivity contribution in [3.63, 3.8) is 0 Å². The van der Waals surface area contributed by atoms with Gasteiger partial charge in [-0.2, -0.15) is 0 Å². The zero-order chi connectivity index (χ0) is 21.1. The number of carbonyl (C=O) groups is 1. The number of hydrogen-bond acceptors (Lipinski definition) is 7. The summed E-state index contributed by atoms with van der Waals surface area (Å²) >= 11 is 1.15. The van der Waals surface area contributed by atoms with Crippen LogP contribution in [0.15, 0.2) is 51.4 Å². The molecule has 0 unspecified atom stereocenters. The fraction of sp³-hybridized carbons (Fsp3) is 0.316. The van der Waals surface area contributed by atoms with Crippen LogP contribution in [0.25, 0.3) is 5.69 Å². The third-order valence-electron chi connectivity index (χ3n) is 4.29. The van der Waals surface area contributed by atoms with Crippen molar-refractivity contribution in [2.24, 2.45) is 13.0 Å². The van der Waals surface area contributed by atoms with Crippen LogP contribution in [0, 0.1) is 5.92 Å². The molecule has 1 aromatic carbocycles. The van der Waals surface area contributed by atoms with Gasteiger partial charge in [0.15, 0.2) is 10.9 Å². The minimum Gasteiger partial charge on any atom is -0.384 e. The van der Waals surface area contributed by atoms with E-state index in [0.29, 0.717) is 11.7 Å². The van der Waals surface area contributed by atoms with E-state index in [9.17, 15) is 14.4 Å². The lowest BCUT2D eigenvalue weighted by atomic mass is 10.2. The third-order valence-corrected chi connectivity index (χ3v) is 5.24. The van der Waals surface area contributed by atoms with Crippen molar-refractivity contribution in [2.45, 2.75) is 25.5 Å². The van der Waals surface area contributed by atoms with Crippen LogP contribution in [-0.2, 0) is 13.6 Å². The number of para-hydroxylation sites is 1. The van der Waals surface area contributed by atoms with Gasteiger partial charge < -0.3 is 5.73 Å². The number of thioether (sulfide) groups is 1. The molecule has 0 aliphatic heterocycles. The Morgan fingerprint density at radius 2 is 1.90 bits per heavy atom. The average Bonchev–Trinajstić information content (AvgIpc) is 3.17. The minimum atomic E-state index is -0.692. The molecular formula is C19H22N6O3S. The summed E-state index contributed by atoms with van der Waals surface area (Å²) in [4.78, 5) is 37.8. The molecule has 0 radical (unpaired) electrons. The maximum atomic E-state index is 12.8. The molecule has 2 heterocycles. The van der Waals surface area contributed by atoms with Crippen molar-refractivity contribution in [2.75, 3.05) is 11.5 Å². The maximum absolute atomic E-state index is 12.8. The highest BCUT2D eigenvalue weighted by Gasteiger charge is 2.22. The van der Waals surface area contributed by atoms with E-state index in [-0.39, 0.29) is 23.1 Å². The molecule has 0 atom stereocenters. The molecule has 0 saturated carbocycles. The molecule has 0 amide bonds.